The van der Waals surface area contributed by atoms with E-state index in [1.54, 1.807) is 36.4 Å². The number of ether oxygens (including phenoxy) is 10. The van der Waals surface area contributed by atoms with E-state index in [4.69, 9.17) is 47.4 Å². The normalized spacial score (nSPS) is 27.1. The van der Waals surface area contributed by atoms with E-state index >= 15 is 0 Å². The molecule has 2 fully saturated rings. The first-order valence-electron chi connectivity index (χ1n) is 17.6. The van der Waals surface area contributed by atoms with Crippen molar-refractivity contribution in [2.45, 2.75) is 102 Å². The molecule has 0 amide bonds. The molecule has 2 heterocycles. The van der Waals surface area contributed by atoms with Gasteiger partial charge in [-0.1, -0.05) is 43.3 Å². The van der Waals surface area contributed by atoms with Crippen LogP contribution >= 0.6 is 11.8 Å². The van der Waals surface area contributed by atoms with Gasteiger partial charge in [-0.3, -0.25) is 24.0 Å². The van der Waals surface area contributed by atoms with Crippen molar-refractivity contribution in [2.24, 2.45) is 0 Å². The van der Waals surface area contributed by atoms with Crippen LogP contribution in [0, 0.1) is 0 Å². The summed E-state index contributed by atoms with van der Waals surface area (Å²) in [5.74, 6) is -5.21. The molecule has 0 aliphatic carbocycles. The summed E-state index contributed by atoms with van der Waals surface area (Å²) >= 11 is 1.20. The largest absolute Gasteiger partial charge is 0.463 e. The molecule has 2 aromatic carbocycles. The molecular formula is C38H44O17S. The first-order chi connectivity index (χ1) is 26.7. The van der Waals surface area contributed by atoms with E-state index in [1.165, 1.54) is 36.0 Å². The molecule has 0 spiro atoms. The highest BCUT2D eigenvalue weighted by Crippen LogP contribution is 2.36. The number of benzene rings is 2. The highest BCUT2D eigenvalue weighted by atomic mass is 32.2. The van der Waals surface area contributed by atoms with Crippen molar-refractivity contribution in [1.82, 2.24) is 0 Å². The lowest BCUT2D eigenvalue weighted by Crippen LogP contribution is -2.64. The fourth-order valence-electron chi connectivity index (χ4n) is 5.95. The minimum absolute atomic E-state index is 0.152. The van der Waals surface area contributed by atoms with E-state index in [0.29, 0.717) is 5.75 Å². The zero-order valence-corrected chi connectivity index (χ0v) is 32.3. The molecule has 2 saturated heterocycles. The van der Waals surface area contributed by atoms with Crippen molar-refractivity contribution < 1.29 is 80.9 Å². The molecule has 2 aromatic rings. The molecule has 0 unspecified atom stereocenters. The molecule has 0 aromatic heterocycles. The molecule has 2 aliphatic rings. The lowest BCUT2D eigenvalue weighted by molar-refractivity contribution is -0.317. The molecule has 0 saturated carbocycles. The van der Waals surface area contributed by atoms with Crippen molar-refractivity contribution in [2.75, 3.05) is 19.0 Å². The Kier molecular flexibility index (Phi) is 16.2. The summed E-state index contributed by atoms with van der Waals surface area (Å²) in [5, 5.41) is 0. The van der Waals surface area contributed by atoms with Gasteiger partial charge < -0.3 is 47.4 Å². The average molecular weight is 805 g/mol. The Morgan fingerprint density at radius 2 is 0.946 bits per heavy atom. The predicted octanol–water partition coefficient (Wildman–Crippen LogP) is 2.95. The van der Waals surface area contributed by atoms with Gasteiger partial charge in [0.05, 0.1) is 17.7 Å². The highest BCUT2D eigenvalue weighted by molar-refractivity contribution is 7.99. The van der Waals surface area contributed by atoms with Crippen LogP contribution in [0.3, 0.4) is 0 Å². The number of esters is 7. The molecule has 18 heteroatoms. The molecule has 56 heavy (non-hydrogen) atoms. The lowest BCUT2D eigenvalue weighted by Gasteiger charge is -2.46. The van der Waals surface area contributed by atoms with Gasteiger partial charge >= 0.3 is 41.8 Å². The molecule has 0 N–H and O–H groups in total. The minimum Gasteiger partial charge on any atom is -0.463 e. The first kappa shape index (κ1) is 43.7. The Morgan fingerprint density at radius 3 is 1.41 bits per heavy atom. The second-order valence-corrected chi connectivity index (χ2v) is 13.8. The van der Waals surface area contributed by atoms with Gasteiger partial charge in [0.25, 0.3) is 0 Å². The van der Waals surface area contributed by atoms with Gasteiger partial charge in [-0.25, -0.2) is 9.59 Å². The summed E-state index contributed by atoms with van der Waals surface area (Å²) in [4.78, 5) is 88.3. The van der Waals surface area contributed by atoms with Crippen molar-refractivity contribution in [3.63, 3.8) is 0 Å². The lowest BCUT2D eigenvalue weighted by atomic mass is 9.97. The quantitative estimate of drug-likeness (QED) is 0.187. The Hall–Kier alpha value is -5.04. The zero-order chi connectivity index (χ0) is 40.9. The van der Waals surface area contributed by atoms with E-state index in [9.17, 15) is 33.6 Å². The van der Waals surface area contributed by atoms with Gasteiger partial charge in [-0.05, 0) is 30.0 Å². The Balaban J connectivity index is 1.74. The van der Waals surface area contributed by atoms with Gasteiger partial charge in [-0.15, -0.1) is 11.8 Å². The van der Waals surface area contributed by atoms with E-state index in [1.807, 2.05) is 6.92 Å². The van der Waals surface area contributed by atoms with Crippen molar-refractivity contribution >= 4 is 53.5 Å². The maximum Gasteiger partial charge on any atom is 0.338 e. The Labute approximate surface area is 326 Å². The van der Waals surface area contributed by atoms with Crippen LogP contribution in [0.15, 0.2) is 60.7 Å². The first-order valence-corrected chi connectivity index (χ1v) is 18.6. The number of hydrogen-bond donors (Lipinski definition) is 0. The fraction of sp³-hybridized carbons (Fsp3) is 0.500. The molecule has 304 valence electrons. The summed E-state index contributed by atoms with van der Waals surface area (Å²) in [6.45, 7) is 6.26. The van der Waals surface area contributed by atoms with Crippen molar-refractivity contribution in [3.05, 3.63) is 71.8 Å². The van der Waals surface area contributed by atoms with Gasteiger partial charge in [0.2, 0.25) is 0 Å². The van der Waals surface area contributed by atoms with Crippen LogP contribution in [-0.2, 0) is 71.3 Å². The zero-order valence-electron chi connectivity index (χ0n) is 31.5. The summed E-state index contributed by atoms with van der Waals surface area (Å²) in [7, 11) is 0. The third kappa shape index (κ3) is 12.2. The minimum atomic E-state index is -1.62. The molecule has 17 nitrogen and oxygen atoms in total. The summed E-state index contributed by atoms with van der Waals surface area (Å²) in [6, 6.07) is 16.0. The van der Waals surface area contributed by atoms with Crippen LogP contribution in [0.5, 0.6) is 0 Å². The second-order valence-electron chi connectivity index (χ2n) is 12.4. The molecule has 0 radical (unpaired) electrons. The monoisotopic (exact) mass is 804 g/mol. The van der Waals surface area contributed by atoms with Crippen molar-refractivity contribution in [3.8, 4) is 0 Å². The predicted molar refractivity (Wildman–Crippen MR) is 192 cm³/mol. The molecular weight excluding hydrogens is 760 g/mol. The number of rotatable bonds is 15. The average Bonchev–Trinajstić information content (AvgIpc) is 3.14. The maximum absolute atomic E-state index is 13.6. The smallest absolute Gasteiger partial charge is 0.338 e. The third-order valence-corrected chi connectivity index (χ3v) is 9.14. The van der Waals surface area contributed by atoms with Crippen LogP contribution in [0.4, 0.5) is 0 Å². The second kappa shape index (κ2) is 20.8. The molecule has 4 rings (SSSR count). The topological polar surface area (TPSA) is 212 Å². The van der Waals surface area contributed by atoms with Crippen LogP contribution in [0.1, 0.15) is 62.3 Å². The van der Waals surface area contributed by atoms with E-state index in [0.717, 1.165) is 34.6 Å². The van der Waals surface area contributed by atoms with Crippen LogP contribution in [0.2, 0.25) is 0 Å². The van der Waals surface area contributed by atoms with Crippen molar-refractivity contribution in [1.29, 1.82) is 0 Å². The van der Waals surface area contributed by atoms with E-state index in [-0.39, 0.29) is 11.1 Å². The van der Waals surface area contributed by atoms with Gasteiger partial charge in [0.1, 0.15) is 24.3 Å². The standard InChI is InChI=1S/C38H44O17S/c1-7-56-38-34(55-36(45)26-16-12-9-13-17-26)32(54-35(44)25-14-10-8-11-15-25)30(49-22(4)41)28(53-38)19-47-37-33(51-24(6)43)31(50-23(5)42)29(48-21(3)40)27(52-37)18-46-20(2)39/h8-17,27-34,37-38H,7,18-19H2,1-6H3/t27-,28-,29-,30-,31+,32+,33-,34-,37-,38+/m1/s1. The third-order valence-electron chi connectivity index (χ3n) is 8.10. The van der Waals surface area contributed by atoms with Gasteiger partial charge in [-0.2, -0.15) is 0 Å². The van der Waals surface area contributed by atoms with Gasteiger partial charge in [0, 0.05) is 34.6 Å². The summed E-state index contributed by atoms with van der Waals surface area (Å²) in [6.07, 6.45) is -13.0. The van der Waals surface area contributed by atoms with Crippen LogP contribution in [-0.4, -0.2) is 121 Å². The number of carbonyl (C=O) groups excluding carboxylic acids is 7. The summed E-state index contributed by atoms with van der Waals surface area (Å²) in [5.41, 5.74) is -0.685. The van der Waals surface area contributed by atoms with Crippen LogP contribution < -0.4 is 0 Å². The molecule has 0 bridgehead atoms. The maximum atomic E-state index is 13.6. The number of carbonyl (C=O) groups is 7. The Morgan fingerprint density at radius 1 is 0.518 bits per heavy atom. The van der Waals surface area contributed by atoms with Crippen LogP contribution in [0.25, 0.3) is 0 Å². The van der Waals surface area contributed by atoms with Gasteiger partial charge in [0.15, 0.2) is 42.9 Å². The Bertz CT molecular complexity index is 1690. The van der Waals surface area contributed by atoms with E-state index < -0.39 is 116 Å². The number of thioether (sulfide) groups is 1. The fourth-order valence-corrected chi connectivity index (χ4v) is 6.90. The SMILES string of the molecule is CCS[C@@H]1O[C@H](CO[C@@H]2O[C@H](COC(C)=O)[C@@H](OC(C)=O)[C@H](OC(C)=O)[C@H]2OC(C)=O)[C@@H](OC(C)=O)[C@H](OC(=O)c2ccccc2)[C@H]1OC(=O)c1ccccc1. The summed E-state index contributed by atoms with van der Waals surface area (Å²) < 4.78 is 57.8. The molecule has 2 aliphatic heterocycles. The van der Waals surface area contributed by atoms with E-state index in [2.05, 4.69) is 0 Å². The number of hydrogen-bond acceptors (Lipinski definition) is 18. The highest BCUT2D eigenvalue weighted by Gasteiger charge is 2.55. The molecule has 10 atom stereocenters.